The minimum Gasteiger partial charge on any atom is -0.271 e. The largest absolute Gasteiger partial charge is 0.299 e. The highest BCUT2D eigenvalue weighted by Crippen LogP contribution is 2.31. The van der Waals surface area contributed by atoms with E-state index in [9.17, 15) is 16.8 Å². The second-order valence-corrected chi connectivity index (χ2v) is 8.69. The molecule has 0 saturated carbocycles. The molecule has 0 unspecified atom stereocenters. The van der Waals surface area contributed by atoms with Crippen LogP contribution in [-0.2, 0) is 26.7 Å². The molecule has 1 aromatic carbocycles. The zero-order chi connectivity index (χ0) is 16.4. The molecule has 7 nitrogen and oxygen atoms in total. The van der Waals surface area contributed by atoms with Crippen LogP contribution in [0.2, 0.25) is 0 Å². The normalized spacial score (nSPS) is 15.5. The Kier molecular flexibility index (Phi) is 4.98. The van der Waals surface area contributed by atoms with Crippen molar-refractivity contribution in [3.05, 3.63) is 23.8 Å². The number of sulfonamides is 1. The van der Waals surface area contributed by atoms with E-state index in [1.807, 2.05) is 6.92 Å². The third-order valence-corrected chi connectivity index (χ3v) is 5.62. The fraction of sp³-hybridized carbons (Fsp3) is 0.538. The second kappa shape index (κ2) is 6.43. The first-order chi connectivity index (χ1) is 10.2. The Balaban J connectivity index is 2.25. The molecule has 124 valence electrons. The van der Waals surface area contributed by atoms with Gasteiger partial charge in [0, 0.05) is 13.1 Å². The van der Waals surface area contributed by atoms with Gasteiger partial charge in [0.05, 0.1) is 17.6 Å². The zero-order valence-corrected chi connectivity index (χ0v) is 14.3. The van der Waals surface area contributed by atoms with Gasteiger partial charge < -0.3 is 0 Å². The summed E-state index contributed by atoms with van der Waals surface area (Å²) in [7, 11) is -6.91. The molecule has 22 heavy (non-hydrogen) atoms. The highest BCUT2D eigenvalue weighted by Gasteiger charge is 2.24. The van der Waals surface area contributed by atoms with Gasteiger partial charge in [-0.05, 0) is 43.0 Å². The number of benzene rings is 1. The van der Waals surface area contributed by atoms with Crippen molar-refractivity contribution in [2.24, 2.45) is 0 Å². The fourth-order valence-electron chi connectivity index (χ4n) is 2.40. The summed E-state index contributed by atoms with van der Waals surface area (Å²) in [6.07, 6.45) is 3.31. The van der Waals surface area contributed by atoms with Crippen LogP contribution in [0.25, 0.3) is 0 Å². The van der Waals surface area contributed by atoms with Crippen LogP contribution in [0, 0.1) is 0 Å². The molecule has 0 atom stereocenters. The first kappa shape index (κ1) is 17.0. The Morgan fingerprint density at radius 1 is 1.23 bits per heavy atom. The number of hydrogen-bond donors (Lipinski definition) is 2. The molecule has 0 fully saturated rings. The predicted molar refractivity (Wildman–Crippen MR) is 87.8 cm³/mol. The van der Waals surface area contributed by atoms with Gasteiger partial charge in [-0.25, -0.2) is 8.42 Å². The van der Waals surface area contributed by atoms with Gasteiger partial charge in [-0.1, -0.05) is 6.92 Å². The van der Waals surface area contributed by atoms with Crippen LogP contribution < -0.4 is 13.7 Å². The third kappa shape index (κ3) is 4.11. The van der Waals surface area contributed by atoms with Crippen molar-refractivity contribution in [1.82, 2.24) is 4.72 Å². The van der Waals surface area contributed by atoms with E-state index < -0.39 is 20.2 Å². The molecule has 0 aromatic heterocycles. The Morgan fingerprint density at radius 3 is 2.59 bits per heavy atom. The molecule has 0 saturated heterocycles. The number of rotatable bonds is 6. The van der Waals surface area contributed by atoms with Crippen molar-refractivity contribution in [1.29, 1.82) is 0 Å². The van der Waals surface area contributed by atoms with E-state index in [4.69, 9.17) is 0 Å². The van der Waals surface area contributed by atoms with Gasteiger partial charge >= 0.3 is 0 Å². The summed E-state index contributed by atoms with van der Waals surface area (Å²) in [5.41, 5.74) is 1.88. The van der Waals surface area contributed by atoms with E-state index >= 15 is 0 Å². The summed E-state index contributed by atoms with van der Waals surface area (Å²) in [5.74, 6) is 0. The second-order valence-electron chi connectivity index (χ2n) is 5.28. The maximum Gasteiger partial charge on any atom is 0.299 e. The fourth-order valence-corrected chi connectivity index (χ4v) is 4.38. The number of anilines is 2. The van der Waals surface area contributed by atoms with Crippen molar-refractivity contribution in [2.75, 3.05) is 28.4 Å². The minimum absolute atomic E-state index is 0.363. The molecular formula is C13H21N3O4S2. The van der Waals surface area contributed by atoms with Crippen LogP contribution >= 0.6 is 0 Å². The van der Waals surface area contributed by atoms with Gasteiger partial charge in [0.15, 0.2) is 0 Å². The van der Waals surface area contributed by atoms with Crippen molar-refractivity contribution < 1.29 is 16.8 Å². The predicted octanol–water partition coefficient (Wildman–Crippen LogP) is 1.06. The third-order valence-electron chi connectivity index (χ3n) is 3.35. The van der Waals surface area contributed by atoms with Gasteiger partial charge in [0.1, 0.15) is 0 Å². The first-order valence-electron chi connectivity index (χ1n) is 7.11. The SMILES string of the molecule is CCCNS(=O)(=O)Nc1ccc2c(c1)CCCN2S(C)(=O)=O. The summed E-state index contributed by atoms with van der Waals surface area (Å²) in [5, 5.41) is 0. The lowest BCUT2D eigenvalue weighted by molar-refractivity contribution is 0.585. The van der Waals surface area contributed by atoms with Gasteiger partial charge in [-0.15, -0.1) is 0 Å². The maximum atomic E-state index is 11.8. The van der Waals surface area contributed by atoms with Gasteiger partial charge in [0.25, 0.3) is 10.2 Å². The first-order valence-corrected chi connectivity index (χ1v) is 10.4. The van der Waals surface area contributed by atoms with Crippen molar-refractivity contribution in [3.63, 3.8) is 0 Å². The van der Waals surface area contributed by atoms with E-state index in [0.29, 0.717) is 37.3 Å². The van der Waals surface area contributed by atoms with E-state index in [1.165, 1.54) is 10.6 Å². The quantitative estimate of drug-likeness (QED) is 0.804. The Bertz CT molecular complexity index is 745. The van der Waals surface area contributed by atoms with Gasteiger partial charge in [-0.3, -0.25) is 9.03 Å². The van der Waals surface area contributed by atoms with Crippen LogP contribution in [0.3, 0.4) is 0 Å². The molecule has 0 spiro atoms. The van der Waals surface area contributed by atoms with E-state index in [1.54, 1.807) is 18.2 Å². The summed E-state index contributed by atoms with van der Waals surface area (Å²) < 4.78 is 53.5. The average Bonchev–Trinajstić information content (AvgIpc) is 2.43. The van der Waals surface area contributed by atoms with Gasteiger partial charge in [0.2, 0.25) is 10.0 Å². The molecule has 0 aliphatic carbocycles. The number of nitrogens with one attached hydrogen (secondary N) is 2. The Labute approximate surface area is 131 Å². The minimum atomic E-state index is -3.60. The molecule has 2 N–H and O–H groups in total. The summed E-state index contributed by atoms with van der Waals surface area (Å²) in [4.78, 5) is 0. The molecule has 1 aliphatic heterocycles. The smallest absolute Gasteiger partial charge is 0.271 e. The molecule has 0 radical (unpaired) electrons. The molecule has 0 bridgehead atoms. The molecule has 1 heterocycles. The highest BCUT2D eigenvalue weighted by molar-refractivity contribution is 7.92. The van der Waals surface area contributed by atoms with E-state index in [0.717, 1.165) is 12.0 Å². The topological polar surface area (TPSA) is 95.6 Å². The van der Waals surface area contributed by atoms with Crippen LogP contribution in [0.1, 0.15) is 25.3 Å². The monoisotopic (exact) mass is 347 g/mol. The van der Waals surface area contributed by atoms with E-state index in [-0.39, 0.29) is 0 Å². The number of nitrogens with zero attached hydrogens (tertiary/aromatic N) is 1. The molecule has 1 aromatic rings. The summed E-state index contributed by atoms with van der Waals surface area (Å²) in [6, 6.07) is 4.92. The van der Waals surface area contributed by atoms with Crippen molar-refractivity contribution in [2.45, 2.75) is 26.2 Å². The van der Waals surface area contributed by atoms with Gasteiger partial charge in [-0.2, -0.15) is 13.1 Å². The lowest BCUT2D eigenvalue weighted by atomic mass is 10.0. The highest BCUT2D eigenvalue weighted by atomic mass is 32.2. The van der Waals surface area contributed by atoms with Crippen LogP contribution in [0.15, 0.2) is 18.2 Å². The van der Waals surface area contributed by atoms with Crippen molar-refractivity contribution in [3.8, 4) is 0 Å². The Hall–Kier alpha value is -1.32. The number of hydrogen-bond acceptors (Lipinski definition) is 4. The zero-order valence-electron chi connectivity index (χ0n) is 12.7. The molecule has 2 rings (SSSR count). The molecule has 1 aliphatic rings. The maximum absolute atomic E-state index is 11.8. The summed E-state index contributed by atoms with van der Waals surface area (Å²) >= 11 is 0. The van der Waals surface area contributed by atoms with E-state index in [2.05, 4.69) is 9.44 Å². The van der Waals surface area contributed by atoms with Crippen LogP contribution in [-0.4, -0.2) is 36.2 Å². The summed E-state index contributed by atoms with van der Waals surface area (Å²) in [6.45, 7) is 2.69. The average molecular weight is 347 g/mol. The number of aryl methyl sites for hydroxylation is 1. The van der Waals surface area contributed by atoms with Crippen molar-refractivity contribution >= 4 is 31.6 Å². The van der Waals surface area contributed by atoms with Crippen LogP contribution in [0.5, 0.6) is 0 Å². The molecule has 0 amide bonds. The lowest BCUT2D eigenvalue weighted by Crippen LogP contribution is -2.34. The van der Waals surface area contributed by atoms with Crippen LogP contribution in [0.4, 0.5) is 11.4 Å². The Morgan fingerprint density at radius 2 is 1.95 bits per heavy atom. The molecular weight excluding hydrogens is 326 g/mol. The number of fused-ring (bicyclic) bond motifs is 1. The standard InChI is InChI=1S/C13H21N3O4S2/c1-3-8-14-22(19,20)15-12-6-7-13-11(10-12)5-4-9-16(13)21(2,17)18/h6-7,10,14-15H,3-5,8-9H2,1-2H3. The lowest BCUT2D eigenvalue weighted by Gasteiger charge is -2.29. The molecule has 9 heteroatoms.